The normalized spacial score (nSPS) is 19.5. The number of anilines is 1. The van der Waals surface area contributed by atoms with Crippen molar-refractivity contribution >= 4 is 17.5 Å². The molecule has 2 heterocycles. The molecule has 1 aliphatic carbocycles. The van der Waals surface area contributed by atoms with Gasteiger partial charge in [0, 0.05) is 25.5 Å². The van der Waals surface area contributed by atoms with Crippen molar-refractivity contribution < 1.29 is 19.0 Å². The zero-order chi connectivity index (χ0) is 22.5. The maximum Gasteiger partial charge on any atom is 0.306 e. The van der Waals surface area contributed by atoms with Gasteiger partial charge in [0.25, 0.3) is 0 Å². The number of halogens is 1. The lowest BCUT2D eigenvalue weighted by Gasteiger charge is -2.31. The minimum atomic E-state index is -0.761. The Balaban J connectivity index is 1.28. The Kier molecular flexibility index (Phi) is 7.02. The number of carbonyl (C=O) groups is 1. The zero-order valence-electron chi connectivity index (χ0n) is 18.5. The number of aryl methyl sites for hydroxylation is 1. The molecule has 7 heteroatoms. The Bertz CT molecular complexity index is 969. The van der Waals surface area contributed by atoms with Crippen molar-refractivity contribution in [2.45, 2.75) is 45.4 Å². The lowest BCUT2D eigenvalue weighted by atomic mass is 9.86. The predicted molar refractivity (Wildman–Crippen MR) is 121 cm³/mol. The second kappa shape index (κ2) is 10.1. The van der Waals surface area contributed by atoms with Gasteiger partial charge in [0.2, 0.25) is 5.95 Å². The minimum absolute atomic E-state index is 0.273. The number of carboxylic acid groups (broad SMARTS) is 1. The number of allylic oxidation sites excluding steroid dienone is 2. The summed E-state index contributed by atoms with van der Waals surface area (Å²) in [5.41, 5.74) is 2.95. The van der Waals surface area contributed by atoms with Crippen molar-refractivity contribution in [2.75, 3.05) is 24.6 Å². The molecular weight excluding hydrogens is 409 g/mol. The fourth-order valence-electron chi connectivity index (χ4n) is 4.34. The largest absolute Gasteiger partial charge is 0.490 e. The van der Waals surface area contributed by atoms with Crippen molar-refractivity contribution in [3.63, 3.8) is 0 Å². The lowest BCUT2D eigenvalue weighted by molar-refractivity contribution is -0.141. The number of rotatable bonds is 7. The van der Waals surface area contributed by atoms with Gasteiger partial charge in [-0.15, -0.1) is 0 Å². The van der Waals surface area contributed by atoms with Crippen LogP contribution in [0.4, 0.5) is 10.3 Å². The van der Waals surface area contributed by atoms with Gasteiger partial charge < -0.3 is 14.7 Å². The highest BCUT2D eigenvalue weighted by Gasteiger charge is 2.23. The number of ether oxygens (including phenoxy) is 1. The summed E-state index contributed by atoms with van der Waals surface area (Å²) in [5.74, 6) is -0.0490. The fraction of sp³-hybridized carbons (Fsp3) is 0.480. The van der Waals surface area contributed by atoms with Gasteiger partial charge in [-0.25, -0.2) is 14.4 Å². The van der Waals surface area contributed by atoms with E-state index in [-0.39, 0.29) is 17.5 Å². The molecule has 4 rings (SSSR count). The molecule has 1 aromatic carbocycles. The van der Waals surface area contributed by atoms with Gasteiger partial charge in [-0.05, 0) is 73.3 Å². The number of piperidine rings is 1. The highest BCUT2D eigenvalue weighted by molar-refractivity contribution is 5.74. The second-order valence-electron chi connectivity index (χ2n) is 8.67. The van der Waals surface area contributed by atoms with Gasteiger partial charge in [0.15, 0.2) is 11.6 Å². The van der Waals surface area contributed by atoms with Crippen molar-refractivity contribution in [3.05, 3.63) is 53.6 Å². The number of nitrogens with zero attached hydrogens (tertiary/aromatic N) is 3. The number of aromatic nitrogens is 2. The first-order valence-corrected chi connectivity index (χ1v) is 11.4. The van der Waals surface area contributed by atoms with E-state index in [9.17, 15) is 9.18 Å². The van der Waals surface area contributed by atoms with Crippen LogP contribution < -0.4 is 9.64 Å². The highest BCUT2D eigenvalue weighted by atomic mass is 19.1. The number of aliphatic carboxylic acids is 1. The molecule has 32 heavy (non-hydrogen) atoms. The van der Waals surface area contributed by atoms with Gasteiger partial charge in [-0.2, -0.15) is 0 Å². The lowest BCUT2D eigenvalue weighted by Crippen LogP contribution is -2.36. The summed E-state index contributed by atoms with van der Waals surface area (Å²) in [4.78, 5) is 22.2. The van der Waals surface area contributed by atoms with E-state index in [0.29, 0.717) is 31.8 Å². The van der Waals surface area contributed by atoms with Crippen LogP contribution >= 0.6 is 0 Å². The maximum absolute atomic E-state index is 14.6. The van der Waals surface area contributed by atoms with Gasteiger partial charge >= 0.3 is 5.97 Å². The molecule has 1 aliphatic heterocycles. The van der Waals surface area contributed by atoms with Gasteiger partial charge in [-0.1, -0.05) is 19.1 Å². The van der Waals surface area contributed by atoms with E-state index in [1.54, 1.807) is 6.07 Å². The van der Waals surface area contributed by atoms with Crippen LogP contribution in [-0.2, 0) is 11.2 Å². The molecule has 0 saturated carbocycles. The summed E-state index contributed by atoms with van der Waals surface area (Å²) in [6.07, 6.45) is 10.3. The molecule has 2 aromatic rings. The average Bonchev–Trinajstić information content (AvgIpc) is 2.84. The molecule has 1 aromatic heterocycles. The standard InChI is InChI=1S/C25H30FN3O3/c1-2-17-14-27-25(28-15-17)29-11-9-18(10-12-29)16-32-23-8-7-21(13-22(23)26)19-3-5-20(6-4-19)24(30)31/h3,7-8,13-15,18,20H,2,4-6,9-12,16H2,1H3,(H,30,31). The molecule has 1 atom stereocenters. The average molecular weight is 440 g/mol. The zero-order valence-corrected chi connectivity index (χ0v) is 18.5. The van der Waals surface area contributed by atoms with Crippen LogP contribution in [-0.4, -0.2) is 40.7 Å². The van der Waals surface area contributed by atoms with Crippen LogP contribution in [0.1, 0.15) is 50.2 Å². The topological polar surface area (TPSA) is 75.6 Å². The Hall–Kier alpha value is -2.96. The minimum Gasteiger partial charge on any atom is -0.490 e. The summed E-state index contributed by atoms with van der Waals surface area (Å²) in [7, 11) is 0. The number of benzene rings is 1. The van der Waals surface area contributed by atoms with E-state index in [2.05, 4.69) is 21.8 Å². The SMILES string of the molecule is CCc1cnc(N2CCC(COc3ccc(C4=CCC(C(=O)O)CC4)cc3F)CC2)nc1. The molecule has 0 spiro atoms. The summed E-state index contributed by atoms with van der Waals surface area (Å²) in [6.45, 7) is 4.31. The Morgan fingerprint density at radius 3 is 2.56 bits per heavy atom. The van der Waals surface area contributed by atoms with Crippen LogP contribution in [0.25, 0.3) is 5.57 Å². The molecule has 1 fully saturated rings. The molecule has 1 N–H and O–H groups in total. The first-order valence-electron chi connectivity index (χ1n) is 11.4. The van der Waals surface area contributed by atoms with Crippen LogP contribution in [0, 0.1) is 17.7 Å². The number of carboxylic acids is 1. The van der Waals surface area contributed by atoms with E-state index in [4.69, 9.17) is 9.84 Å². The van der Waals surface area contributed by atoms with Crippen LogP contribution in [0.15, 0.2) is 36.7 Å². The monoisotopic (exact) mass is 439 g/mol. The molecule has 170 valence electrons. The van der Waals surface area contributed by atoms with E-state index in [1.165, 1.54) is 6.07 Å². The summed E-state index contributed by atoms with van der Waals surface area (Å²) in [5, 5.41) is 9.12. The summed E-state index contributed by atoms with van der Waals surface area (Å²) >= 11 is 0. The molecule has 0 radical (unpaired) electrons. The Morgan fingerprint density at radius 1 is 1.22 bits per heavy atom. The van der Waals surface area contributed by atoms with Crippen LogP contribution in [0.5, 0.6) is 5.75 Å². The molecule has 6 nitrogen and oxygen atoms in total. The second-order valence-corrected chi connectivity index (χ2v) is 8.67. The fourth-order valence-corrected chi connectivity index (χ4v) is 4.34. The Labute approximate surface area is 188 Å². The van der Waals surface area contributed by atoms with Gasteiger partial charge in [0.1, 0.15) is 0 Å². The summed E-state index contributed by atoms with van der Waals surface area (Å²) in [6, 6.07) is 5.06. The van der Waals surface area contributed by atoms with E-state index in [1.807, 2.05) is 24.5 Å². The van der Waals surface area contributed by atoms with Gasteiger partial charge in [-0.3, -0.25) is 4.79 Å². The molecule has 2 aliphatic rings. The quantitative estimate of drug-likeness (QED) is 0.672. The molecule has 1 saturated heterocycles. The molecule has 0 bridgehead atoms. The van der Waals surface area contributed by atoms with Crippen LogP contribution in [0.3, 0.4) is 0 Å². The van der Waals surface area contributed by atoms with E-state index < -0.39 is 5.97 Å². The summed E-state index contributed by atoms with van der Waals surface area (Å²) < 4.78 is 20.5. The number of hydrogen-bond donors (Lipinski definition) is 1. The van der Waals surface area contributed by atoms with Crippen LogP contribution in [0.2, 0.25) is 0 Å². The van der Waals surface area contributed by atoms with E-state index >= 15 is 0 Å². The third-order valence-electron chi connectivity index (χ3n) is 6.53. The first-order chi connectivity index (χ1) is 15.5. The first kappa shape index (κ1) is 22.2. The Morgan fingerprint density at radius 2 is 1.97 bits per heavy atom. The van der Waals surface area contributed by atoms with Crippen molar-refractivity contribution in [3.8, 4) is 5.75 Å². The maximum atomic E-state index is 14.6. The number of hydrogen-bond acceptors (Lipinski definition) is 5. The highest BCUT2D eigenvalue weighted by Crippen LogP contribution is 2.32. The van der Waals surface area contributed by atoms with Crippen molar-refractivity contribution in [1.29, 1.82) is 0 Å². The third-order valence-corrected chi connectivity index (χ3v) is 6.53. The molecular formula is C25H30FN3O3. The van der Waals surface area contributed by atoms with Crippen molar-refractivity contribution in [1.82, 2.24) is 9.97 Å². The van der Waals surface area contributed by atoms with Crippen molar-refractivity contribution in [2.24, 2.45) is 11.8 Å². The van der Waals surface area contributed by atoms with Gasteiger partial charge in [0.05, 0.1) is 12.5 Å². The third kappa shape index (κ3) is 5.26. The molecule has 0 amide bonds. The van der Waals surface area contributed by atoms with E-state index in [0.717, 1.165) is 55.0 Å². The smallest absolute Gasteiger partial charge is 0.306 e. The molecule has 1 unspecified atom stereocenters. The predicted octanol–water partition coefficient (Wildman–Crippen LogP) is 4.74.